The van der Waals surface area contributed by atoms with E-state index in [1.165, 1.54) is 17.7 Å². The van der Waals surface area contributed by atoms with Crippen LogP contribution in [0.4, 0.5) is 4.39 Å². The van der Waals surface area contributed by atoms with Crippen molar-refractivity contribution >= 4 is 5.91 Å². The van der Waals surface area contributed by atoms with Gasteiger partial charge >= 0.3 is 0 Å². The Morgan fingerprint density at radius 3 is 2.20 bits per heavy atom. The van der Waals surface area contributed by atoms with E-state index in [4.69, 9.17) is 0 Å². The molecule has 0 bridgehead atoms. The zero-order chi connectivity index (χ0) is 20.8. The lowest BCUT2D eigenvalue weighted by atomic mass is 10.1. The second-order valence-corrected chi connectivity index (χ2v) is 6.89. The fraction of sp³-hybridized carbons (Fsp3) is 0.125. The molecule has 0 unspecified atom stereocenters. The third-order valence-electron chi connectivity index (χ3n) is 4.72. The Hall–Kier alpha value is -3.80. The van der Waals surface area contributed by atoms with Crippen LogP contribution in [0.2, 0.25) is 0 Å². The standard InChI is InChI=1S/C24H21FN4O/c25-20-14-11-19(12-15-20)17-26-24(30)23-27-22(16-13-18-7-3-1-4-8-18)29(28-23)21-9-5-2-6-10-21/h1-12,14-15H,13,16-17H2,(H,26,30). The van der Waals surface area contributed by atoms with Crippen molar-refractivity contribution in [2.24, 2.45) is 0 Å². The van der Waals surface area contributed by atoms with E-state index in [0.717, 1.165) is 23.5 Å². The SMILES string of the molecule is O=C(NCc1ccc(F)cc1)c1nc(CCc2ccccc2)n(-c2ccccc2)n1. The number of hydrogen-bond donors (Lipinski definition) is 1. The van der Waals surface area contributed by atoms with Gasteiger partial charge in [-0.25, -0.2) is 14.1 Å². The lowest BCUT2D eigenvalue weighted by molar-refractivity contribution is 0.0940. The average molecular weight is 400 g/mol. The number of amides is 1. The number of aromatic nitrogens is 3. The summed E-state index contributed by atoms with van der Waals surface area (Å²) in [5.74, 6) is 0.160. The van der Waals surface area contributed by atoms with E-state index in [0.29, 0.717) is 6.42 Å². The Labute approximate surface area is 174 Å². The first-order valence-electron chi connectivity index (χ1n) is 9.77. The van der Waals surface area contributed by atoms with Crippen molar-refractivity contribution in [1.82, 2.24) is 20.1 Å². The highest BCUT2D eigenvalue weighted by atomic mass is 19.1. The second kappa shape index (κ2) is 9.13. The number of hydrogen-bond acceptors (Lipinski definition) is 3. The average Bonchev–Trinajstić information content (AvgIpc) is 3.23. The number of aryl methyl sites for hydroxylation is 2. The van der Waals surface area contributed by atoms with Crippen LogP contribution < -0.4 is 5.32 Å². The zero-order valence-corrected chi connectivity index (χ0v) is 16.3. The molecule has 0 saturated carbocycles. The van der Waals surface area contributed by atoms with Crippen molar-refractivity contribution in [3.8, 4) is 5.69 Å². The van der Waals surface area contributed by atoms with Gasteiger partial charge in [-0.2, -0.15) is 0 Å². The van der Waals surface area contributed by atoms with Crippen LogP contribution in [0.25, 0.3) is 5.69 Å². The minimum absolute atomic E-state index is 0.115. The molecule has 0 atom stereocenters. The summed E-state index contributed by atoms with van der Waals surface area (Å²) in [6, 6.07) is 25.8. The van der Waals surface area contributed by atoms with Crippen molar-refractivity contribution in [2.75, 3.05) is 0 Å². The predicted octanol–water partition coefficient (Wildman–Crippen LogP) is 4.12. The number of halogens is 1. The summed E-state index contributed by atoms with van der Waals surface area (Å²) in [6.07, 6.45) is 1.44. The van der Waals surface area contributed by atoms with Crippen LogP contribution in [0.5, 0.6) is 0 Å². The second-order valence-electron chi connectivity index (χ2n) is 6.89. The summed E-state index contributed by atoms with van der Waals surface area (Å²) in [7, 11) is 0. The molecule has 30 heavy (non-hydrogen) atoms. The van der Waals surface area contributed by atoms with Crippen molar-refractivity contribution in [2.45, 2.75) is 19.4 Å². The molecule has 5 nitrogen and oxygen atoms in total. The van der Waals surface area contributed by atoms with Gasteiger partial charge in [-0.1, -0.05) is 60.7 Å². The maximum Gasteiger partial charge on any atom is 0.291 e. The van der Waals surface area contributed by atoms with Crippen LogP contribution in [0.15, 0.2) is 84.9 Å². The first-order chi connectivity index (χ1) is 14.7. The van der Waals surface area contributed by atoms with E-state index >= 15 is 0 Å². The molecule has 1 N–H and O–H groups in total. The molecule has 0 aliphatic rings. The third kappa shape index (κ3) is 4.78. The van der Waals surface area contributed by atoms with Gasteiger partial charge in [-0.15, -0.1) is 5.10 Å². The molecule has 0 aliphatic carbocycles. The van der Waals surface area contributed by atoms with Crippen molar-refractivity contribution < 1.29 is 9.18 Å². The van der Waals surface area contributed by atoms with E-state index in [2.05, 4.69) is 27.5 Å². The van der Waals surface area contributed by atoms with Gasteiger partial charge in [0.05, 0.1) is 5.69 Å². The van der Waals surface area contributed by atoms with Crippen LogP contribution in [0.3, 0.4) is 0 Å². The van der Waals surface area contributed by atoms with Crippen LogP contribution >= 0.6 is 0 Å². The molecule has 4 aromatic rings. The van der Waals surface area contributed by atoms with Crippen LogP contribution in [-0.4, -0.2) is 20.7 Å². The van der Waals surface area contributed by atoms with E-state index in [1.54, 1.807) is 16.8 Å². The van der Waals surface area contributed by atoms with Gasteiger partial charge in [-0.3, -0.25) is 4.79 Å². The predicted molar refractivity (Wildman–Crippen MR) is 113 cm³/mol. The molecule has 0 aliphatic heterocycles. The number of benzene rings is 3. The molecular formula is C24H21FN4O. The van der Waals surface area contributed by atoms with Crippen LogP contribution in [0, 0.1) is 5.82 Å². The first-order valence-corrected chi connectivity index (χ1v) is 9.77. The Morgan fingerprint density at radius 1 is 0.833 bits per heavy atom. The molecule has 1 amide bonds. The van der Waals surface area contributed by atoms with Crippen molar-refractivity contribution in [3.63, 3.8) is 0 Å². The number of carbonyl (C=O) groups is 1. The Bertz CT molecular complexity index is 1110. The number of nitrogens with zero attached hydrogens (tertiary/aromatic N) is 3. The topological polar surface area (TPSA) is 59.8 Å². The number of para-hydroxylation sites is 1. The van der Waals surface area contributed by atoms with Crippen LogP contribution in [-0.2, 0) is 19.4 Å². The Morgan fingerprint density at radius 2 is 1.50 bits per heavy atom. The van der Waals surface area contributed by atoms with Gasteiger partial charge in [0.25, 0.3) is 5.91 Å². The quantitative estimate of drug-likeness (QED) is 0.508. The summed E-state index contributed by atoms with van der Waals surface area (Å²) in [5, 5.41) is 7.25. The molecule has 150 valence electrons. The highest BCUT2D eigenvalue weighted by molar-refractivity contribution is 5.90. The molecule has 0 fully saturated rings. The van der Waals surface area contributed by atoms with E-state index < -0.39 is 0 Å². The van der Waals surface area contributed by atoms with Crippen LogP contribution in [0.1, 0.15) is 27.6 Å². The summed E-state index contributed by atoms with van der Waals surface area (Å²) in [5.41, 5.74) is 2.85. The van der Waals surface area contributed by atoms with E-state index in [9.17, 15) is 9.18 Å². The zero-order valence-electron chi connectivity index (χ0n) is 16.3. The summed E-state index contributed by atoms with van der Waals surface area (Å²) in [6.45, 7) is 0.276. The van der Waals surface area contributed by atoms with E-state index in [-0.39, 0.29) is 24.1 Å². The first kappa shape index (κ1) is 19.5. The third-order valence-corrected chi connectivity index (χ3v) is 4.72. The molecule has 6 heteroatoms. The number of carbonyl (C=O) groups excluding carboxylic acids is 1. The normalized spacial score (nSPS) is 10.7. The smallest absolute Gasteiger partial charge is 0.291 e. The summed E-state index contributed by atoms with van der Waals surface area (Å²) < 4.78 is 14.8. The van der Waals surface area contributed by atoms with Gasteiger partial charge in [0.1, 0.15) is 11.6 Å². The minimum Gasteiger partial charge on any atom is -0.345 e. The maximum absolute atomic E-state index is 13.0. The fourth-order valence-corrected chi connectivity index (χ4v) is 3.14. The number of rotatable bonds is 7. The van der Waals surface area contributed by atoms with Crippen molar-refractivity contribution in [3.05, 3.63) is 114 Å². The van der Waals surface area contributed by atoms with Gasteiger partial charge in [0.2, 0.25) is 5.82 Å². The largest absolute Gasteiger partial charge is 0.345 e. The highest BCUT2D eigenvalue weighted by Gasteiger charge is 2.17. The summed E-state index contributed by atoms with van der Waals surface area (Å²) in [4.78, 5) is 17.1. The van der Waals surface area contributed by atoms with Gasteiger partial charge in [0.15, 0.2) is 0 Å². The monoisotopic (exact) mass is 400 g/mol. The number of nitrogens with one attached hydrogen (secondary N) is 1. The minimum atomic E-state index is -0.366. The highest BCUT2D eigenvalue weighted by Crippen LogP contribution is 2.13. The molecule has 4 rings (SSSR count). The van der Waals surface area contributed by atoms with Gasteiger partial charge in [-0.05, 0) is 41.8 Å². The Kier molecular flexibility index (Phi) is 5.94. The molecule has 0 radical (unpaired) electrons. The molecule has 0 spiro atoms. The molecule has 3 aromatic carbocycles. The molecule has 1 aromatic heterocycles. The lowest BCUT2D eigenvalue weighted by Gasteiger charge is -2.05. The maximum atomic E-state index is 13.0. The molecular weight excluding hydrogens is 379 g/mol. The van der Waals surface area contributed by atoms with Gasteiger partial charge in [0, 0.05) is 13.0 Å². The molecule has 1 heterocycles. The summed E-state index contributed by atoms with van der Waals surface area (Å²) >= 11 is 0. The fourth-order valence-electron chi connectivity index (χ4n) is 3.14. The lowest BCUT2D eigenvalue weighted by Crippen LogP contribution is -2.24. The Balaban J connectivity index is 1.53. The van der Waals surface area contributed by atoms with Crippen molar-refractivity contribution in [1.29, 1.82) is 0 Å². The van der Waals surface area contributed by atoms with Gasteiger partial charge < -0.3 is 5.32 Å². The molecule has 0 saturated heterocycles. The van der Waals surface area contributed by atoms with E-state index in [1.807, 2.05) is 48.5 Å².